The molecular weight excluding hydrogens is 686 g/mol. The zero-order valence-corrected chi connectivity index (χ0v) is 29.5. The summed E-state index contributed by atoms with van der Waals surface area (Å²) in [5, 5.41) is 2.92. The molecular formula is C29H36Cl2N3O6S4+. The quantitative estimate of drug-likeness (QED) is 0.0766. The number of anilines is 1. The van der Waals surface area contributed by atoms with Crippen molar-refractivity contribution in [2.45, 2.75) is 45.1 Å². The SMILES string of the molecule is CC[N+](CC)(CC)OS(=O)(=O)CCCN1/C(=C\C=C\c2sc3ccc(Cl)cc3[n+]2CCCS(=O)(=O)[O-])Sc2ccc(Cl)cc21. The minimum atomic E-state index is -4.32. The number of rotatable bonds is 15. The lowest BCUT2D eigenvalue weighted by atomic mass is 10.2. The van der Waals surface area contributed by atoms with Crippen LogP contribution < -0.4 is 9.47 Å². The highest BCUT2D eigenvalue weighted by atomic mass is 35.5. The van der Waals surface area contributed by atoms with E-state index in [0.29, 0.717) is 49.2 Å². The topological polar surface area (TPSA) is 108 Å². The van der Waals surface area contributed by atoms with E-state index in [-0.39, 0.29) is 16.8 Å². The van der Waals surface area contributed by atoms with Crippen LogP contribution in [0.4, 0.5) is 5.69 Å². The number of aryl methyl sites for hydroxylation is 1. The van der Waals surface area contributed by atoms with Gasteiger partial charge in [-0.1, -0.05) is 56.7 Å². The number of aromatic nitrogens is 1. The van der Waals surface area contributed by atoms with Crippen LogP contribution in [-0.4, -0.2) is 63.7 Å². The van der Waals surface area contributed by atoms with Crippen molar-refractivity contribution in [2.24, 2.45) is 0 Å². The van der Waals surface area contributed by atoms with E-state index in [1.807, 2.05) is 73.9 Å². The van der Waals surface area contributed by atoms with E-state index in [4.69, 9.17) is 27.5 Å². The van der Waals surface area contributed by atoms with Crippen LogP contribution in [0.15, 0.2) is 58.5 Å². The van der Waals surface area contributed by atoms with Gasteiger partial charge in [-0.3, -0.25) is 0 Å². The number of halogens is 2. The molecule has 0 spiro atoms. The van der Waals surface area contributed by atoms with Crippen molar-refractivity contribution in [1.82, 2.24) is 0 Å². The maximum Gasteiger partial charge on any atom is 0.314 e. The summed E-state index contributed by atoms with van der Waals surface area (Å²) in [5.41, 5.74) is 1.77. The molecule has 44 heavy (non-hydrogen) atoms. The van der Waals surface area contributed by atoms with E-state index < -0.39 is 26.0 Å². The van der Waals surface area contributed by atoms with Gasteiger partial charge in [0.25, 0.3) is 5.01 Å². The highest BCUT2D eigenvalue weighted by molar-refractivity contribution is 8.03. The van der Waals surface area contributed by atoms with Gasteiger partial charge in [0.05, 0.1) is 26.6 Å². The summed E-state index contributed by atoms with van der Waals surface area (Å²) in [5.74, 6) is -0.565. The Morgan fingerprint density at radius 1 is 0.977 bits per heavy atom. The molecule has 0 aliphatic carbocycles. The molecule has 0 N–H and O–H groups in total. The van der Waals surface area contributed by atoms with Gasteiger partial charge in [-0.25, -0.2) is 8.42 Å². The monoisotopic (exact) mass is 720 g/mol. The van der Waals surface area contributed by atoms with Gasteiger partial charge in [-0.2, -0.15) is 17.6 Å². The molecule has 0 unspecified atom stereocenters. The second kappa shape index (κ2) is 14.8. The number of fused-ring (bicyclic) bond motifs is 2. The molecule has 9 nitrogen and oxygen atoms in total. The molecule has 1 aliphatic rings. The number of hydrogen-bond acceptors (Lipinski definition) is 9. The molecule has 0 atom stereocenters. The van der Waals surface area contributed by atoms with Gasteiger partial charge < -0.3 is 9.45 Å². The summed E-state index contributed by atoms with van der Waals surface area (Å²) in [6, 6.07) is 11.2. The Balaban J connectivity index is 1.56. The summed E-state index contributed by atoms with van der Waals surface area (Å²) in [6.07, 6.45) is 6.33. The molecule has 1 aliphatic heterocycles. The molecule has 0 bridgehead atoms. The maximum absolute atomic E-state index is 12.9. The van der Waals surface area contributed by atoms with Crippen molar-refractivity contribution >= 4 is 88.5 Å². The normalized spacial score (nSPS) is 15.2. The summed E-state index contributed by atoms with van der Waals surface area (Å²) in [4.78, 5) is 3.07. The number of benzene rings is 2. The van der Waals surface area contributed by atoms with Crippen LogP contribution in [0.1, 0.15) is 38.6 Å². The van der Waals surface area contributed by atoms with Crippen LogP contribution in [0.2, 0.25) is 10.0 Å². The van der Waals surface area contributed by atoms with Crippen LogP contribution >= 0.6 is 46.3 Å². The van der Waals surface area contributed by atoms with Crippen molar-refractivity contribution in [1.29, 1.82) is 0 Å². The van der Waals surface area contributed by atoms with Gasteiger partial charge in [0.2, 0.25) is 5.52 Å². The number of quaternary nitrogens is 1. The summed E-state index contributed by atoms with van der Waals surface area (Å²) >= 11 is 15.7. The third kappa shape index (κ3) is 8.98. The smallest absolute Gasteiger partial charge is 0.314 e. The Hall–Kier alpha value is -1.68. The fourth-order valence-electron chi connectivity index (χ4n) is 4.98. The van der Waals surface area contributed by atoms with Crippen LogP contribution in [0.3, 0.4) is 0 Å². The van der Waals surface area contributed by atoms with Crippen molar-refractivity contribution in [3.8, 4) is 0 Å². The maximum atomic E-state index is 12.9. The third-order valence-electron chi connectivity index (χ3n) is 7.42. The Morgan fingerprint density at radius 2 is 1.66 bits per heavy atom. The molecule has 0 saturated heterocycles. The Bertz CT molecular complexity index is 1760. The van der Waals surface area contributed by atoms with Gasteiger partial charge in [0.1, 0.15) is 24.3 Å². The number of thioether (sulfide) groups is 1. The van der Waals surface area contributed by atoms with Gasteiger partial charge in [-0.05, 0) is 63.6 Å². The van der Waals surface area contributed by atoms with Gasteiger partial charge in [0.15, 0.2) is 6.54 Å². The number of allylic oxidation sites excluding steroid dienone is 2. The van der Waals surface area contributed by atoms with Crippen molar-refractivity contribution in [3.05, 3.63) is 68.6 Å². The van der Waals surface area contributed by atoms with E-state index in [0.717, 1.165) is 30.8 Å². The Kier molecular flexibility index (Phi) is 11.9. The summed E-state index contributed by atoms with van der Waals surface area (Å²) in [7, 11) is -8.07. The molecule has 3 aromatic rings. The molecule has 240 valence electrons. The molecule has 2 heterocycles. The van der Waals surface area contributed by atoms with E-state index in [2.05, 4.69) is 4.90 Å². The fraction of sp³-hybridized carbons (Fsp3) is 0.414. The fourth-order valence-corrected chi connectivity index (χ4v) is 9.31. The lowest BCUT2D eigenvalue weighted by Gasteiger charge is -2.31. The van der Waals surface area contributed by atoms with E-state index in [1.54, 1.807) is 17.8 Å². The van der Waals surface area contributed by atoms with Crippen molar-refractivity contribution in [2.75, 3.05) is 42.6 Å². The molecule has 0 saturated carbocycles. The second-order valence-corrected chi connectivity index (χ2v) is 16.4. The molecule has 0 fully saturated rings. The molecule has 2 aromatic carbocycles. The summed E-state index contributed by atoms with van der Waals surface area (Å²) < 4.78 is 68.0. The van der Waals surface area contributed by atoms with Gasteiger partial charge in [0, 0.05) is 45.8 Å². The predicted octanol–water partition coefficient (Wildman–Crippen LogP) is 6.43. The average molecular weight is 722 g/mol. The number of hydroxylamine groups is 3. The highest BCUT2D eigenvalue weighted by Gasteiger charge is 2.32. The second-order valence-electron chi connectivity index (χ2n) is 10.2. The molecule has 1 aromatic heterocycles. The van der Waals surface area contributed by atoms with Crippen LogP contribution in [0.25, 0.3) is 16.3 Å². The first-order valence-corrected chi connectivity index (χ1v) is 19.8. The Labute approximate surface area is 278 Å². The first-order chi connectivity index (χ1) is 20.8. The summed E-state index contributed by atoms with van der Waals surface area (Å²) in [6.45, 7) is 8.22. The largest absolute Gasteiger partial charge is 0.748 e. The van der Waals surface area contributed by atoms with E-state index >= 15 is 0 Å². The number of thiazole rings is 1. The van der Waals surface area contributed by atoms with Crippen LogP contribution in [-0.2, 0) is 31.1 Å². The van der Waals surface area contributed by atoms with Crippen LogP contribution in [0.5, 0.6) is 0 Å². The van der Waals surface area contributed by atoms with E-state index in [1.165, 1.54) is 11.3 Å². The average Bonchev–Trinajstić information content (AvgIpc) is 3.48. The van der Waals surface area contributed by atoms with Crippen molar-refractivity contribution in [3.63, 3.8) is 0 Å². The number of nitrogens with zero attached hydrogens (tertiary/aromatic N) is 3. The third-order valence-corrected chi connectivity index (χ3v) is 12.3. The molecule has 0 radical (unpaired) electrons. The van der Waals surface area contributed by atoms with E-state index in [9.17, 15) is 21.4 Å². The Morgan fingerprint density at radius 3 is 2.34 bits per heavy atom. The van der Waals surface area contributed by atoms with Gasteiger partial charge in [-0.15, -0.1) is 0 Å². The lowest BCUT2D eigenvalue weighted by Crippen LogP contribution is -2.49. The first kappa shape index (κ1) is 35.2. The van der Waals surface area contributed by atoms with Gasteiger partial charge >= 0.3 is 10.1 Å². The first-order valence-electron chi connectivity index (χ1n) is 14.3. The molecule has 15 heteroatoms. The lowest BCUT2D eigenvalue weighted by molar-refractivity contribution is -1.08. The number of hydrogen-bond donors (Lipinski definition) is 0. The zero-order chi connectivity index (χ0) is 32.1. The minimum absolute atomic E-state index is 0.0624. The zero-order valence-electron chi connectivity index (χ0n) is 24.7. The molecule has 4 rings (SSSR count). The standard InChI is InChI=1S/C29H36Cl2N3O6S4/c1-4-34(5-2,6-3)40-44(38,39)19-9-17-33-25-21-23(31)13-15-27(25)42-29(33)11-7-10-28-32(16-8-18-43(35,36)37)24-20-22(30)12-14-26(24)41-28/h7,10-15,20-21H,4-6,8-9,16-19H2,1-3H3/q+1. The van der Waals surface area contributed by atoms with Crippen molar-refractivity contribution < 1.29 is 34.9 Å². The predicted molar refractivity (Wildman–Crippen MR) is 179 cm³/mol. The highest BCUT2D eigenvalue weighted by Crippen LogP contribution is 2.47. The minimum Gasteiger partial charge on any atom is -0.748 e. The molecule has 0 amide bonds. The van der Waals surface area contributed by atoms with Crippen LogP contribution in [0, 0.1) is 0 Å².